The number of para-hydroxylation sites is 4. The molecule has 7 aromatic carbocycles. The van der Waals surface area contributed by atoms with Crippen molar-refractivity contribution in [1.29, 1.82) is 0 Å². The Balaban J connectivity index is 1.12. The molecule has 0 N–H and O–H groups in total. The second-order valence-electron chi connectivity index (χ2n) is 19.9. The van der Waals surface area contributed by atoms with Gasteiger partial charge in [-0.15, -0.1) is 0 Å². The third-order valence-corrected chi connectivity index (χ3v) is 13.1. The molecule has 10 aromatic rings. The van der Waals surface area contributed by atoms with Gasteiger partial charge < -0.3 is 4.74 Å². The Morgan fingerprint density at radius 1 is 0.606 bits per heavy atom. The van der Waals surface area contributed by atoms with Gasteiger partial charge in [0.25, 0.3) is 6.33 Å². The first kappa shape index (κ1) is 38.1. The van der Waals surface area contributed by atoms with Gasteiger partial charge in [0.1, 0.15) is 17.3 Å². The van der Waals surface area contributed by atoms with Gasteiger partial charge in [-0.3, -0.25) is 13.7 Å². The van der Waals surface area contributed by atoms with Gasteiger partial charge in [0.2, 0.25) is 0 Å². The Labute approximate surface area is 395 Å². The molecule has 0 amide bonds. The van der Waals surface area contributed by atoms with Crippen LogP contribution in [0.3, 0.4) is 0 Å². The molecule has 66 heavy (non-hydrogen) atoms. The molecule has 1 atom stereocenters. The van der Waals surface area contributed by atoms with Crippen molar-refractivity contribution in [2.75, 3.05) is 0 Å². The minimum absolute atomic E-state index is 0.0651. The molecule has 0 fully saturated rings. The smallest absolute Gasteiger partial charge is 0.269 e. The van der Waals surface area contributed by atoms with Crippen LogP contribution in [-0.2, 0) is 10.8 Å². The number of rotatable bonds is 9. The summed E-state index contributed by atoms with van der Waals surface area (Å²) in [7, 11) is 0. The first-order valence-electron chi connectivity index (χ1n) is 25.0. The summed E-state index contributed by atoms with van der Waals surface area (Å²) < 4.78 is 48.2. The molecule has 3 aromatic heterocycles. The highest BCUT2D eigenvalue weighted by Crippen LogP contribution is 2.40. The lowest BCUT2D eigenvalue weighted by atomic mass is 9.78. The number of benzene rings is 7. The molecule has 0 saturated carbocycles. The maximum absolute atomic E-state index is 9.10. The van der Waals surface area contributed by atoms with Crippen LogP contribution in [0.25, 0.3) is 72.3 Å². The van der Waals surface area contributed by atoms with Crippen molar-refractivity contribution in [2.45, 2.75) is 79.1 Å². The molecule has 0 aliphatic heterocycles. The minimum Gasteiger partial charge on any atom is -0.458 e. The molecule has 5 nitrogen and oxygen atoms in total. The van der Waals surface area contributed by atoms with Crippen molar-refractivity contribution in [1.82, 2.24) is 14.1 Å². The number of hydrogen-bond acceptors (Lipinski definition) is 2. The fraction of sp³-hybridized carbons (Fsp3) is 0.213. The van der Waals surface area contributed by atoms with Crippen molar-refractivity contribution in [3.05, 3.63) is 199 Å². The first-order valence-corrected chi connectivity index (χ1v) is 23.0. The van der Waals surface area contributed by atoms with E-state index in [1.54, 1.807) is 6.20 Å². The number of fused-ring (bicyclic) bond motifs is 4. The van der Waals surface area contributed by atoms with Gasteiger partial charge in [-0.25, -0.2) is 4.98 Å². The predicted octanol–water partition coefficient (Wildman–Crippen LogP) is 15.7. The lowest BCUT2D eigenvalue weighted by molar-refractivity contribution is -0.571. The molecule has 0 saturated heterocycles. The van der Waals surface area contributed by atoms with Crippen LogP contribution < -0.4 is 9.30 Å². The van der Waals surface area contributed by atoms with Crippen LogP contribution in [0.4, 0.5) is 0 Å². The van der Waals surface area contributed by atoms with E-state index in [0.29, 0.717) is 45.0 Å². The van der Waals surface area contributed by atoms with E-state index in [1.807, 2.05) is 53.1 Å². The molecule has 0 aliphatic rings. The number of nitrogens with zero attached hydrogens (tertiary/aromatic N) is 4. The first-order chi connectivity index (χ1) is 33.4. The van der Waals surface area contributed by atoms with Gasteiger partial charge in [-0.2, -0.15) is 0 Å². The van der Waals surface area contributed by atoms with Crippen LogP contribution in [0, 0.1) is 12.2 Å². The van der Waals surface area contributed by atoms with E-state index in [0.717, 1.165) is 50.2 Å². The molecule has 328 valence electrons. The topological polar surface area (TPSA) is 35.9 Å². The number of hydrogen-bond donors (Lipinski definition) is 0. The Morgan fingerprint density at radius 3 is 2.03 bits per heavy atom. The highest BCUT2D eigenvalue weighted by molar-refractivity contribution is 6.09. The van der Waals surface area contributed by atoms with E-state index in [9.17, 15) is 0 Å². The fourth-order valence-corrected chi connectivity index (χ4v) is 8.98. The molecule has 3 heterocycles. The third-order valence-electron chi connectivity index (χ3n) is 13.1. The molecule has 0 radical (unpaired) electrons. The monoisotopic (exact) mass is 866 g/mol. The Bertz CT molecular complexity index is 3620. The van der Waals surface area contributed by atoms with Gasteiger partial charge in [-0.05, 0) is 110 Å². The highest BCUT2D eigenvalue weighted by atomic mass is 16.5. The van der Waals surface area contributed by atoms with Crippen molar-refractivity contribution in [2.24, 2.45) is 5.92 Å². The highest BCUT2D eigenvalue weighted by Gasteiger charge is 2.25. The summed E-state index contributed by atoms with van der Waals surface area (Å²) in [6.45, 7) is 20.2. The second-order valence-corrected chi connectivity index (χ2v) is 19.9. The van der Waals surface area contributed by atoms with Crippen LogP contribution in [0.1, 0.15) is 90.4 Å². The van der Waals surface area contributed by atoms with Crippen molar-refractivity contribution >= 4 is 32.8 Å². The summed E-state index contributed by atoms with van der Waals surface area (Å²) >= 11 is 0. The van der Waals surface area contributed by atoms with E-state index in [-0.39, 0.29) is 40.9 Å². The number of imidazole rings is 1. The van der Waals surface area contributed by atoms with Crippen LogP contribution in [0.2, 0.25) is 0 Å². The molecular formula is C61H58N4O. The lowest BCUT2D eigenvalue weighted by Gasteiger charge is -2.27. The SMILES string of the molecule is [2H]c1c([2H])c([2H])c2c(c1[2H])c1ccc(Oc3cccc(-n4[c-][n+](-c5c(-c6ccccc6)cccc5-c5cc(C(C)(C)C)cc(C(C)(C)C)c5)c5ccccc54)c3)cc1n2-c1cc(C(C)C(C)C)ccn1. The molecule has 0 aliphatic carbocycles. The minimum atomic E-state index is -0.290. The van der Waals surface area contributed by atoms with Crippen molar-refractivity contribution in [3.63, 3.8) is 0 Å². The van der Waals surface area contributed by atoms with E-state index in [1.165, 1.54) is 11.1 Å². The van der Waals surface area contributed by atoms with E-state index in [4.69, 9.17) is 15.2 Å². The summed E-state index contributed by atoms with van der Waals surface area (Å²) in [6, 6.07) is 49.6. The van der Waals surface area contributed by atoms with Crippen LogP contribution >= 0.6 is 0 Å². The van der Waals surface area contributed by atoms with E-state index >= 15 is 0 Å². The quantitative estimate of drug-likeness (QED) is 0.107. The molecular weight excluding hydrogens is 805 g/mol. The van der Waals surface area contributed by atoms with Crippen LogP contribution in [0.15, 0.2) is 176 Å². The fourth-order valence-electron chi connectivity index (χ4n) is 8.98. The van der Waals surface area contributed by atoms with Gasteiger partial charge in [0, 0.05) is 23.0 Å². The zero-order valence-corrected chi connectivity index (χ0v) is 39.3. The summed E-state index contributed by atoms with van der Waals surface area (Å²) in [5.74, 6) is 2.35. The van der Waals surface area contributed by atoms with Crippen LogP contribution in [0.5, 0.6) is 11.5 Å². The third kappa shape index (κ3) is 7.87. The summed E-state index contributed by atoms with van der Waals surface area (Å²) in [4.78, 5) is 4.79. The van der Waals surface area contributed by atoms with E-state index < -0.39 is 0 Å². The van der Waals surface area contributed by atoms with Gasteiger partial charge in [0.15, 0.2) is 0 Å². The lowest BCUT2D eigenvalue weighted by Crippen LogP contribution is -2.31. The normalized spacial score (nSPS) is 13.5. The average Bonchev–Trinajstić information content (AvgIpc) is 3.91. The van der Waals surface area contributed by atoms with Gasteiger partial charge >= 0.3 is 0 Å². The maximum Gasteiger partial charge on any atom is 0.269 e. The second kappa shape index (κ2) is 16.6. The zero-order valence-electron chi connectivity index (χ0n) is 43.3. The van der Waals surface area contributed by atoms with Crippen molar-refractivity contribution < 1.29 is 14.8 Å². The van der Waals surface area contributed by atoms with E-state index in [2.05, 4.69) is 175 Å². The van der Waals surface area contributed by atoms with Gasteiger partial charge in [0.05, 0.1) is 38.9 Å². The molecule has 10 rings (SSSR count). The molecule has 1 unspecified atom stereocenters. The summed E-state index contributed by atoms with van der Waals surface area (Å²) in [5, 5.41) is 1.12. The average molecular weight is 867 g/mol. The van der Waals surface area contributed by atoms with Gasteiger partial charge in [-0.1, -0.05) is 178 Å². The summed E-state index contributed by atoms with van der Waals surface area (Å²) in [5.41, 5.74) is 12.9. The maximum atomic E-state index is 9.10. The Kier molecular flexibility index (Phi) is 9.60. The molecule has 0 bridgehead atoms. The van der Waals surface area contributed by atoms with Crippen LogP contribution in [-0.4, -0.2) is 14.1 Å². The largest absolute Gasteiger partial charge is 0.458 e. The number of aromatic nitrogens is 4. The zero-order chi connectivity index (χ0) is 49.4. The van der Waals surface area contributed by atoms with Crippen molar-refractivity contribution in [3.8, 4) is 50.9 Å². The number of ether oxygens (including phenoxy) is 1. The predicted molar refractivity (Wildman–Crippen MR) is 274 cm³/mol. The number of pyridine rings is 1. The Hall–Kier alpha value is -7.24. The summed E-state index contributed by atoms with van der Waals surface area (Å²) in [6.07, 6.45) is 5.60. The standard InChI is InChI=1S/C61H58N4O/c1-40(2)41(3)43-31-32-62-58(35-43)65-54-26-14-13-23-52(54)53-30-29-49(38-57(53)65)66-48-22-17-21-47(37-48)63-39-64(56-28-16-15-27-55(56)63)59-50(42-19-11-10-12-20-42)24-18-25-51(59)44-33-45(60(4,5)6)36-46(34-44)61(7,8)9/h10-38,40-41H,1-9H3/i13D,14D,23D,26D. The molecule has 0 spiro atoms. The Morgan fingerprint density at radius 2 is 1.29 bits per heavy atom. The molecule has 5 heteroatoms.